The van der Waals surface area contributed by atoms with Crippen LogP contribution >= 0.6 is 0 Å². The molecule has 4 nitrogen and oxygen atoms in total. The zero-order chi connectivity index (χ0) is 16.8. The van der Waals surface area contributed by atoms with Crippen LogP contribution in [0, 0.1) is 6.92 Å². The highest BCUT2D eigenvalue weighted by Gasteiger charge is 2.13. The van der Waals surface area contributed by atoms with E-state index in [1.54, 1.807) is 20.3 Å². The van der Waals surface area contributed by atoms with Crippen LogP contribution in [0.2, 0.25) is 0 Å². The fourth-order valence-electron chi connectivity index (χ4n) is 3.19. The highest BCUT2D eigenvalue weighted by Crippen LogP contribution is 2.38. The van der Waals surface area contributed by atoms with Crippen molar-refractivity contribution < 1.29 is 14.6 Å². The van der Waals surface area contributed by atoms with Crippen LogP contribution < -0.4 is 9.47 Å². The van der Waals surface area contributed by atoms with Crippen LogP contribution in [0.5, 0.6) is 17.2 Å². The number of aromatic hydroxyl groups is 1. The molecular weight excluding hydrogens is 302 g/mol. The molecule has 0 spiro atoms. The van der Waals surface area contributed by atoms with Crippen LogP contribution in [0.25, 0.3) is 32.4 Å². The molecule has 4 heteroatoms. The van der Waals surface area contributed by atoms with Gasteiger partial charge in [-0.15, -0.1) is 0 Å². The molecule has 1 aromatic heterocycles. The van der Waals surface area contributed by atoms with Crippen LogP contribution in [0.15, 0.2) is 42.5 Å². The first-order valence-corrected chi connectivity index (χ1v) is 7.70. The van der Waals surface area contributed by atoms with Crippen LogP contribution in [-0.4, -0.2) is 24.3 Å². The van der Waals surface area contributed by atoms with E-state index >= 15 is 0 Å². The van der Waals surface area contributed by atoms with Crippen molar-refractivity contribution >= 4 is 32.4 Å². The lowest BCUT2D eigenvalue weighted by atomic mass is 9.96. The van der Waals surface area contributed by atoms with Crippen molar-refractivity contribution in [1.29, 1.82) is 0 Å². The van der Waals surface area contributed by atoms with E-state index in [-0.39, 0.29) is 5.75 Å². The fraction of sp³-hybridized carbons (Fsp3) is 0.150. The van der Waals surface area contributed by atoms with Crippen molar-refractivity contribution in [3.8, 4) is 17.2 Å². The minimum Gasteiger partial charge on any atom is -0.506 e. The molecule has 0 aliphatic rings. The summed E-state index contributed by atoms with van der Waals surface area (Å²) in [6.45, 7) is 1.81. The smallest absolute Gasteiger partial charge is 0.137 e. The Labute approximate surface area is 139 Å². The third-order valence-electron chi connectivity index (χ3n) is 4.48. The van der Waals surface area contributed by atoms with Crippen LogP contribution in [-0.2, 0) is 0 Å². The minimum atomic E-state index is 0.201. The number of aromatic nitrogens is 1. The minimum absolute atomic E-state index is 0.201. The van der Waals surface area contributed by atoms with Crippen LogP contribution in [0.1, 0.15) is 5.69 Å². The van der Waals surface area contributed by atoms with Gasteiger partial charge in [-0.05, 0) is 65.5 Å². The second-order valence-corrected chi connectivity index (χ2v) is 5.81. The van der Waals surface area contributed by atoms with Gasteiger partial charge in [0.05, 0.1) is 25.4 Å². The van der Waals surface area contributed by atoms with E-state index in [1.807, 2.05) is 43.3 Å². The van der Waals surface area contributed by atoms with E-state index in [4.69, 9.17) is 9.47 Å². The number of ether oxygens (including phenoxy) is 2. The summed E-state index contributed by atoms with van der Waals surface area (Å²) in [5.41, 5.74) is 1.49. The van der Waals surface area contributed by atoms with E-state index in [1.165, 1.54) is 0 Å². The number of benzene rings is 3. The molecule has 0 aliphatic carbocycles. The van der Waals surface area contributed by atoms with Crippen LogP contribution in [0.3, 0.4) is 0 Å². The molecular formula is C20H17NO3. The van der Waals surface area contributed by atoms with Gasteiger partial charge in [-0.1, -0.05) is 0 Å². The topological polar surface area (TPSA) is 51.6 Å². The number of aryl methyl sites for hydroxylation is 1. The van der Waals surface area contributed by atoms with Gasteiger partial charge in [-0.2, -0.15) is 0 Å². The summed E-state index contributed by atoms with van der Waals surface area (Å²) in [5, 5.41) is 15.2. The van der Waals surface area contributed by atoms with Crippen molar-refractivity contribution in [2.45, 2.75) is 6.92 Å². The molecule has 0 radical (unpaired) electrons. The first-order chi connectivity index (χ1) is 11.6. The zero-order valence-corrected chi connectivity index (χ0v) is 13.8. The van der Waals surface area contributed by atoms with E-state index in [2.05, 4.69) is 4.98 Å². The van der Waals surface area contributed by atoms with Gasteiger partial charge in [-0.3, -0.25) is 0 Å². The molecule has 0 atom stereocenters. The Morgan fingerprint density at radius 1 is 0.750 bits per heavy atom. The quantitative estimate of drug-likeness (QED) is 0.550. The molecule has 1 heterocycles. The molecule has 4 aromatic rings. The Balaban J connectivity index is 2.30. The Morgan fingerprint density at radius 3 is 1.96 bits per heavy atom. The predicted molar refractivity (Wildman–Crippen MR) is 96.3 cm³/mol. The maximum Gasteiger partial charge on any atom is 0.137 e. The number of hydrogen-bond donors (Lipinski definition) is 1. The lowest BCUT2D eigenvalue weighted by Crippen LogP contribution is -1.91. The predicted octanol–water partition coefficient (Wildman–Crippen LogP) is 4.57. The lowest BCUT2D eigenvalue weighted by molar-refractivity contribution is 0.415. The van der Waals surface area contributed by atoms with Gasteiger partial charge in [0.15, 0.2) is 0 Å². The second-order valence-electron chi connectivity index (χ2n) is 5.81. The normalized spacial score (nSPS) is 11.3. The second kappa shape index (κ2) is 5.27. The summed E-state index contributed by atoms with van der Waals surface area (Å²) in [6, 6.07) is 13.7. The van der Waals surface area contributed by atoms with E-state index in [9.17, 15) is 5.11 Å². The standard InChI is InChI=1S/C20H17NO3/c1-11-19(22)10-18-14-6-4-12(23-2)8-16(14)17-9-13(24-3)5-7-15(17)20(18)21-11/h4-10,22H,1-3H3. The maximum absolute atomic E-state index is 10.1. The molecule has 3 aromatic carbocycles. The summed E-state index contributed by atoms with van der Waals surface area (Å²) in [7, 11) is 3.31. The molecule has 0 saturated heterocycles. The number of pyridine rings is 1. The van der Waals surface area contributed by atoms with Gasteiger partial charge in [0, 0.05) is 10.8 Å². The van der Waals surface area contributed by atoms with Crippen molar-refractivity contribution in [3.05, 3.63) is 48.2 Å². The summed E-state index contributed by atoms with van der Waals surface area (Å²) in [6.07, 6.45) is 0. The zero-order valence-electron chi connectivity index (χ0n) is 13.8. The highest BCUT2D eigenvalue weighted by molar-refractivity contribution is 6.24. The Morgan fingerprint density at radius 2 is 1.33 bits per heavy atom. The average Bonchev–Trinajstić information content (AvgIpc) is 2.62. The molecule has 0 bridgehead atoms. The molecule has 24 heavy (non-hydrogen) atoms. The summed E-state index contributed by atoms with van der Waals surface area (Å²) >= 11 is 0. The van der Waals surface area contributed by atoms with E-state index in [0.29, 0.717) is 5.69 Å². The summed E-state index contributed by atoms with van der Waals surface area (Å²) < 4.78 is 10.8. The molecule has 0 saturated carbocycles. The molecule has 1 N–H and O–H groups in total. The maximum atomic E-state index is 10.1. The molecule has 0 amide bonds. The number of hydrogen-bond acceptors (Lipinski definition) is 4. The first-order valence-electron chi connectivity index (χ1n) is 7.70. The van der Waals surface area contributed by atoms with Gasteiger partial charge < -0.3 is 14.6 Å². The van der Waals surface area contributed by atoms with Gasteiger partial charge >= 0.3 is 0 Å². The van der Waals surface area contributed by atoms with Gasteiger partial charge in [0.2, 0.25) is 0 Å². The van der Waals surface area contributed by atoms with Gasteiger partial charge in [0.1, 0.15) is 17.2 Å². The average molecular weight is 319 g/mol. The third kappa shape index (κ3) is 2.03. The van der Waals surface area contributed by atoms with Crippen molar-refractivity contribution in [3.63, 3.8) is 0 Å². The fourth-order valence-corrected chi connectivity index (χ4v) is 3.19. The number of methoxy groups -OCH3 is 2. The number of nitrogens with zero attached hydrogens (tertiary/aromatic N) is 1. The van der Waals surface area contributed by atoms with E-state index < -0.39 is 0 Å². The largest absolute Gasteiger partial charge is 0.506 e. The molecule has 4 rings (SSSR count). The van der Waals surface area contributed by atoms with Crippen molar-refractivity contribution in [2.24, 2.45) is 0 Å². The third-order valence-corrected chi connectivity index (χ3v) is 4.48. The first kappa shape index (κ1) is 14.6. The molecule has 0 aliphatic heterocycles. The van der Waals surface area contributed by atoms with E-state index in [0.717, 1.165) is 43.9 Å². The van der Waals surface area contributed by atoms with Crippen molar-refractivity contribution in [2.75, 3.05) is 14.2 Å². The summed E-state index contributed by atoms with van der Waals surface area (Å²) in [5.74, 6) is 1.78. The van der Waals surface area contributed by atoms with Gasteiger partial charge in [0.25, 0.3) is 0 Å². The molecule has 120 valence electrons. The lowest BCUT2D eigenvalue weighted by Gasteiger charge is -2.13. The van der Waals surface area contributed by atoms with Crippen molar-refractivity contribution in [1.82, 2.24) is 4.98 Å². The van der Waals surface area contributed by atoms with Crippen LogP contribution in [0.4, 0.5) is 0 Å². The Hall–Kier alpha value is -3.01. The van der Waals surface area contributed by atoms with Gasteiger partial charge in [-0.25, -0.2) is 4.98 Å². The highest BCUT2D eigenvalue weighted by atomic mass is 16.5. The monoisotopic (exact) mass is 319 g/mol. The number of fused-ring (bicyclic) bond motifs is 6. The number of rotatable bonds is 2. The molecule has 0 unspecified atom stereocenters. The Bertz CT molecular complexity index is 1010. The summed E-state index contributed by atoms with van der Waals surface area (Å²) in [4.78, 5) is 4.63. The molecule has 0 fully saturated rings. The SMILES string of the molecule is COc1ccc2c(c1)c1cc(OC)ccc1c1nc(C)c(O)cc21. The Kier molecular flexibility index (Phi) is 3.20.